The molecule has 0 radical (unpaired) electrons. The molecule has 1 saturated heterocycles. The van der Waals surface area contributed by atoms with Gasteiger partial charge in [-0.05, 0) is 100 Å². The fourth-order valence-electron chi connectivity index (χ4n) is 4.74. The van der Waals surface area contributed by atoms with Crippen molar-refractivity contribution in [1.82, 2.24) is 9.88 Å². The van der Waals surface area contributed by atoms with Gasteiger partial charge in [-0.1, -0.05) is 23.8 Å². The number of allylic oxidation sites excluding steroid dienone is 1. The van der Waals surface area contributed by atoms with E-state index in [0.29, 0.717) is 17.3 Å². The van der Waals surface area contributed by atoms with Crippen LogP contribution in [0.3, 0.4) is 0 Å². The van der Waals surface area contributed by atoms with Crippen molar-refractivity contribution in [1.29, 1.82) is 0 Å². The van der Waals surface area contributed by atoms with Crippen molar-refractivity contribution >= 4 is 28.8 Å². The number of aromatic nitrogens is 1. The van der Waals surface area contributed by atoms with Gasteiger partial charge in [0, 0.05) is 18.3 Å². The van der Waals surface area contributed by atoms with Crippen LogP contribution in [0.25, 0.3) is 0 Å². The Morgan fingerprint density at radius 1 is 1.19 bits per heavy atom. The van der Waals surface area contributed by atoms with Gasteiger partial charge in [0.2, 0.25) is 0 Å². The maximum Gasteiger partial charge on any atom is 0.146 e. The first-order valence-electron chi connectivity index (χ1n) is 13.0. The zero-order valence-corrected chi connectivity index (χ0v) is 22.2. The molecule has 192 valence electrons. The first-order valence-corrected chi connectivity index (χ1v) is 13.3. The lowest BCUT2D eigenvalue weighted by molar-refractivity contribution is 0.187. The van der Waals surface area contributed by atoms with E-state index in [4.69, 9.17) is 21.3 Å². The molecule has 2 aromatic rings. The molecular formula is C29H38ClN5O. The molecule has 1 unspecified atom stereocenters. The van der Waals surface area contributed by atoms with E-state index in [1.165, 1.54) is 37.1 Å². The van der Waals surface area contributed by atoms with Gasteiger partial charge in [0.25, 0.3) is 0 Å². The standard InChI is InChI=1S/C29H38ClN5O/c1-4-6-28-32-25-17-22(19-31-20-25)7-8-23-18-24(33-29(34-28)26(30)5-2)9-10-27(23)36-16-13-21-11-14-35(3)15-12-21/h4-5,9-10,17-21,28,32H,1,6-8,11-16H2,2-3H3,(H,33,34)/b26-5+. The maximum atomic E-state index is 6.57. The predicted octanol–water partition coefficient (Wildman–Crippen LogP) is 6.26. The summed E-state index contributed by atoms with van der Waals surface area (Å²) in [5.41, 5.74) is 4.20. The zero-order valence-electron chi connectivity index (χ0n) is 21.5. The minimum Gasteiger partial charge on any atom is -0.493 e. The third-order valence-corrected chi connectivity index (χ3v) is 7.31. The quantitative estimate of drug-likeness (QED) is 0.433. The molecule has 6 nitrogen and oxygen atoms in total. The first-order chi connectivity index (χ1) is 17.5. The number of fused-ring (bicyclic) bond motifs is 4. The minimum atomic E-state index is -0.224. The Kier molecular flexibility index (Phi) is 9.42. The van der Waals surface area contributed by atoms with E-state index in [0.717, 1.165) is 48.9 Å². The number of hydrogen-bond acceptors (Lipinski definition) is 6. The minimum absolute atomic E-state index is 0.224. The van der Waals surface area contributed by atoms with Gasteiger partial charge in [-0.2, -0.15) is 0 Å². The summed E-state index contributed by atoms with van der Waals surface area (Å²) < 4.78 is 6.35. The molecule has 4 rings (SSSR count). The number of halogens is 1. The van der Waals surface area contributed by atoms with Crippen molar-refractivity contribution in [3.05, 3.63) is 71.5 Å². The fourth-order valence-corrected chi connectivity index (χ4v) is 4.84. The summed E-state index contributed by atoms with van der Waals surface area (Å²) >= 11 is 6.57. The van der Waals surface area contributed by atoms with E-state index in [1.54, 1.807) is 0 Å². The SMILES string of the molecule is C=CCC1/N=C(\C(Cl)=C/C)Nc2ccc(OCCC3CCN(C)CC3)c(c2)CCc2cncc(c2)N1. The number of aryl methyl sites for hydroxylation is 2. The topological polar surface area (TPSA) is 61.8 Å². The number of aliphatic imine (C=N–C) groups is 1. The highest BCUT2D eigenvalue weighted by atomic mass is 35.5. The Balaban J connectivity index is 1.58. The lowest BCUT2D eigenvalue weighted by Crippen LogP contribution is -2.30. The molecule has 3 heterocycles. The number of benzene rings is 1. The second kappa shape index (κ2) is 12.9. The van der Waals surface area contributed by atoms with Gasteiger partial charge in [0.15, 0.2) is 0 Å². The molecule has 0 aliphatic carbocycles. The number of nitrogens with zero attached hydrogens (tertiary/aromatic N) is 3. The van der Waals surface area contributed by atoms with E-state index in [-0.39, 0.29) is 6.17 Å². The second-order valence-corrected chi connectivity index (χ2v) is 10.1. The van der Waals surface area contributed by atoms with Crippen LogP contribution >= 0.6 is 11.6 Å². The summed E-state index contributed by atoms with van der Waals surface area (Å²) in [5.74, 6) is 2.31. The van der Waals surface area contributed by atoms with Gasteiger partial charge in [-0.15, -0.1) is 6.58 Å². The Bertz CT molecular complexity index is 1090. The van der Waals surface area contributed by atoms with Gasteiger partial charge >= 0.3 is 0 Å². The van der Waals surface area contributed by atoms with Crippen LogP contribution in [0.4, 0.5) is 11.4 Å². The van der Waals surface area contributed by atoms with Gasteiger partial charge in [0.05, 0.1) is 23.5 Å². The molecule has 2 aliphatic heterocycles. The van der Waals surface area contributed by atoms with Crippen LogP contribution in [0.5, 0.6) is 5.75 Å². The molecule has 36 heavy (non-hydrogen) atoms. The van der Waals surface area contributed by atoms with E-state index in [1.807, 2.05) is 37.5 Å². The largest absolute Gasteiger partial charge is 0.493 e. The van der Waals surface area contributed by atoms with Crippen molar-refractivity contribution < 1.29 is 4.74 Å². The van der Waals surface area contributed by atoms with Gasteiger partial charge in [0.1, 0.15) is 17.8 Å². The third-order valence-electron chi connectivity index (χ3n) is 6.91. The van der Waals surface area contributed by atoms with Gasteiger partial charge in [-0.25, -0.2) is 4.99 Å². The van der Waals surface area contributed by atoms with E-state index in [2.05, 4.69) is 52.3 Å². The van der Waals surface area contributed by atoms with Crippen molar-refractivity contribution in [2.24, 2.45) is 10.9 Å². The molecule has 1 aromatic carbocycles. The summed E-state index contributed by atoms with van der Waals surface area (Å²) in [4.78, 5) is 11.8. The number of likely N-dealkylation sites (tertiary alicyclic amines) is 1. The Labute approximate surface area is 220 Å². The average Bonchev–Trinajstić information content (AvgIpc) is 2.89. The van der Waals surface area contributed by atoms with Crippen LogP contribution < -0.4 is 15.4 Å². The lowest BCUT2D eigenvalue weighted by Gasteiger charge is -2.28. The summed E-state index contributed by atoms with van der Waals surface area (Å²) in [6.07, 6.45) is 13.2. The number of pyridine rings is 1. The summed E-state index contributed by atoms with van der Waals surface area (Å²) in [5, 5.41) is 7.48. The molecule has 1 fully saturated rings. The molecule has 4 bridgehead atoms. The highest BCUT2D eigenvalue weighted by molar-refractivity contribution is 6.44. The Hall–Kier alpha value is -2.83. The number of rotatable bonds is 7. The molecule has 2 N–H and O–H groups in total. The van der Waals surface area contributed by atoms with Crippen LogP contribution in [0, 0.1) is 5.92 Å². The monoisotopic (exact) mass is 507 g/mol. The number of nitrogens with one attached hydrogen (secondary N) is 2. The van der Waals surface area contributed by atoms with E-state index in [9.17, 15) is 0 Å². The number of anilines is 2. The number of hydrogen-bond donors (Lipinski definition) is 2. The summed E-state index contributed by atoms with van der Waals surface area (Å²) in [7, 11) is 2.20. The van der Waals surface area contributed by atoms with Crippen molar-refractivity contribution in [3.8, 4) is 5.75 Å². The summed E-state index contributed by atoms with van der Waals surface area (Å²) in [6, 6.07) is 8.42. The first kappa shape index (κ1) is 26.2. The summed E-state index contributed by atoms with van der Waals surface area (Å²) in [6.45, 7) is 8.92. The highest BCUT2D eigenvalue weighted by Crippen LogP contribution is 2.28. The van der Waals surface area contributed by atoms with Crippen molar-refractivity contribution in [2.75, 3.05) is 37.4 Å². The van der Waals surface area contributed by atoms with Crippen molar-refractivity contribution in [2.45, 2.75) is 51.6 Å². The van der Waals surface area contributed by atoms with Crippen LogP contribution in [0.2, 0.25) is 0 Å². The van der Waals surface area contributed by atoms with Crippen LogP contribution in [-0.4, -0.2) is 48.6 Å². The zero-order chi connectivity index (χ0) is 25.3. The van der Waals surface area contributed by atoms with Crippen LogP contribution in [-0.2, 0) is 12.8 Å². The lowest BCUT2D eigenvalue weighted by atomic mass is 9.94. The number of ether oxygens (including phenoxy) is 1. The number of piperidine rings is 1. The molecule has 2 aliphatic rings. The average molecular weight is 508 g/mol. The Morgan fingerprint density at radius 3 is 2.81 bits per heavy atom. The molecule has 0 saturated carbocycles. The second-order valence-electron chi connectivity index (χ2n) is 9.71. The molecule has 1 aromatic heterocycles. The number of amidine groups is 1. The predicted molar refractivity (Wildman–Crippen MR) is 151 cm³/mol. The van der Waals surface area contributed by atoms with Crippen molar-refractivity contribution in [3.63, 3.8) is 0 Å². The van der Waals surface area contributed by atoms with Crippen LogP contribution in [0.1, 0.15) is 43.7 Å². The van der Waals surface area contributed by atoms with Gasteiger partial charge < -0.3 is 20.3 Å². The van der Waals surface area contributed by atoms with Crippen LogP contribution in [0.15, 0.2) is 65.4 Å². The molecule has 1 atom stereocenters. The third kappa shape index (κ3) is 7.34. The Morgan fingerprint density at radius 2 is 2.03 bits per heavy atom. The maximum absolute atomic E-state index is 6.57. The van der Waals surface area contributed by atoms with E-state index >= 15 is 0 Å². The van der Waals surface area contributed by atoms with E-state index < -0.39 is 0 Å². The molecular weight excluding hydrogens is 470 g/mol. The normalized spacial score (nSPS) is 21.0. The molecule has 0 spiro atoms. The van der Waals surface area contributed by atoms with Gasteiger partial charge in [-0.3, -0.25) is 4.98 Å². The smallest absolute Gasteiger partial charge is 0.146 e. The molecule has 0 amide bonds. The molecule has 7 heteroatoms. The fraction of sp³-hybridized carbons (Fsp3) is 0.448. The highest BCUT2D eigenvalue weighted by Gasteiger charge is 2.18.